The number of nitrogens with one attached hydrogen (secondary N) is 1. The average molecular weight is 424 g/mol. The fraction of sp³-hybridized carbons (Fsp3) is 0.0455. The van der Waals surface area contributed by atoms with E-state index in [1.807, 2.05) is 30.3 Å². The summed E-state index contributed by atoms with van der Waals surface area (Å²) < 4.78 is 5.49. The second-order valence-corrected chi connectivity index (χ2v) is 7.16. The minimum absolute atomic E-state index is 0.265. The highest BCUT2D eigenvalue weighted by Crippen LogP contribution is 2.25. The lowest BCUT2D eigenvalue weighted by molar-refractivity contribution is 0.0936. The van der Waals surface area contributed by atoms with Gasteiger partial charge in [-0.2, -0.15) is 4.98 Å². The van der Waals surface area contributed by atoms with E-state index in [1.165, 1.54) is 0 Å². The van der Waals surface area contributed by atoms with E-state index in [4.69, 9.17) is 27.7 Å². The van der Waals surface area contributed by atoms with Gasteiger partial charge in [-0.25, -0.2) is 0 Å². The zero-order chi connectivity index (χ0) is 20.2. The van der Waals surface area contributed by atoms with Gasteiger partial charge in [0.25, 0.3) is 11.8 Å². The number of rotatable bonds is 5. The van der Waals surface area contributed by atoms with Crippen LogP contribution < -0.4 is 5.32 Å². The molecule has 0 aliphatic carbocycles. The molecule has 144 valence electrons. The van der Waals surface area contributed by atoms with Gasteiger partial charge in [0.15, 0.2) is 0 Å². The number of aromatic nitrogens is 2. The van der Waals surface area contributed by atoms with Crippen LogP contribution in [0.3, 0.4) is 0 Å². The van der Waals surface area contributed by atoms with Gasteiger partial charge in [-0.15, -0.1) is 0 Å². The second-order valence-electron chi connectivity index (χ2n) is 6.29. The van der Waals surface area contributed by atoms with Gasteiger partial charge in [-0.3, -0.25) is 4.79 Å². The molecule has 0 aliphatic rings. The summed E-state index contributed by atoms with van der Waals surface area (Å²) >= 11 is 12.0. The maximum absolute atomic E-state index is 12.8. The Morgan fingerprint density at radius 2 is 1.66 bits per heavy atom. The van der Waals surface area contributed by atoms with Crippen LogP contribution in [0.5, 0.6) is 0 Å². The maximum Gasteiger partial charge on any atom is 0.254 e. The number of carbonyl (C=O) groups excluding carboxylic acids is 1. The van der Waals surface area contributed by atoms with Crippen LogP contribution in [0.2, 0.25) is 10.0 Å². The molecule has 5 nitrogen and oxygen atoms in total. The predicted octanol–water partition coefficient (Wildman–Crippen LogP) is 5.56. The third-order valence-electron chi connectivity index (χ3n) is 4.29. The number of amides is 1. The van der Waals surface area contributed by atoms with Crippen molar-refractivity contribution in [3.8, 4) is 11.4 Å². The Balaban J connectivity index is 1.68. The molecule has 0 saturated carbocycles. The Labute approximate surface area is 177 Å². The fourth-order valence-corrected chi connectivity index (χ4v) is 3.16. The monoisotopic (exact) mass is 423 g/mol. The van der Waals surface area contributed by atoms with Crippen molar-refractivity contribution >= 4 is 29.1 Å². The van der Waals surface area contributed by atoms with Crippen molar-refractivity contribution in [2.75, 3.05) is 0 Å². The summed E-state index contributed by atoms with van der Waals surface area (Å²) in [5, 5.41) is 8.06. The number of hydrogen-bond donors (Lipinski definition) is 1. The molecule has 1 unspecified atom stereocenters. The van der Waals surface area contributed by atoms with Gasteiger partial charge < -0.3 is 9.84 Å². The SMILES string of the molecule is O=C(NC(c1ccc(Cl)cc1)c1nc(-c2ccccc2)no1)c1cccc(Cl)c1. The molecular weight excluding hydrogens is 409 g/mol. The molecular formula is C22H15Cl2N3O2. The van der Waals surface area contributed by atoms with Crippen molar-refractivity contribution in [1.82, 2.24) is 15.5 Å². The summed E-state index contributed by atoms with van der Waals surface area (Å²) in [5.74, 6) is 0.394. The van der Waals surface area contributed by atoms with Crippen molar-refractivity contribution in [3.63, 3.8) is 0 Å². The summed E-state index contributed by atoms with van der Waals surface area (Å²) in [4.78, 5) is 17.3. The van der Waals surface area contributed by atoms with Gasteiger partial charge in [0.1, 0.15) is 6.04 Å². The summed E-state index contributed by atoms with van der Waals surface area (Å²) in [6, 6.07) is 22.6. The number of nitrogens with zero attached hydrogens (tertiary/aromatic N) is 2. The highest BCUT2D eigenvalue weighted by Gasteiger charge is 2.24. The standard InChI is InChI=1S/C22H15Cl2N3O2/c23-17-11-9-14(10-12-17)19(25-21(28)16-7-4-8-18(24)13-16)22-26-20(27-29-22)15-5-2-1-3-6-15/h1-13,19H,(H,25,28). The molecule has 0 bridgehead atoms. The molecule has 0 radical (unpaired) electrons. The van der Waals surface area contributed by atoms with E-state index in [0.29, 0.717) is 21.4 Å². The van der Waals surface area contributed by atoms with Crippen LogP contribution in [0.25, 0.3) is 11.4 Å². The Bertz CT molecular complexity index is 1130. The second kappa shape index (κ2) is 8.47. The van der Waals surface area contributed by atoms with Crippen LogP contribution in [-0.4, -0.2) is 16.0 Å². The van der Waals surface area contributed by atoms with Crippen molar-refractivity contribution in [1.29, 1.82) is 0 Å². The molecule has 1 amide bonds. The van der Waals surface area contributed by atoms with Crippen LogP contribution in [0, 0.1) is 0 Å². The first-order valence-electron chi connectivity index (χ1n) is 8.81. The molecule has 1 N–H and O–H groups in total. The van der Waals surface area contributed by atoms with Gasteiger partial charge in [0, 0.05) is 21.2 Å². The Kier molecular flexibility index (Phi) is 5.60. The molecule has 3 aromatic carbocycles. The van der Waals surface area contributed by atoms with E-state index < -0.39 is 6.04 Å². The molecule has 0 spiro atoms. The fourth-order valence-electron chi connectivity index (χ4n) is 2.84. The Hall–Kier alpha value is -3.15. The van der Waals surface area contributed by atoms with E-state index >= 15 is 0 Å². The van der Waals surface area contributed by atoms with Crippen LogP contribution in [0.4, 0.5) is 0 Å². The molecule has 1 atom stereocenters. The molecule has 0 aliphatic heterocycles. The molecule has 1 heterocycles. The maximum atomic E-state index is 12.8. The van der Waals surface area contributed by atoms with Crippen molar-refractivity contribution in [3.05, 3.63) is 106 Å². The Morgan fingerprint density at radius 3 is 2.38 bits per heavy atom. The van der Waals surface area contributed by atoms with Gasteiger partial charge in [0.2, 0.25) is 5.82 Å². The molecule has 7 heteroatoms. The number of hydrogen-bond acceptors (Lipinski definition) is 4. The molecule has 1 aromatic heterocycles. The van der Waals surface area contributed by atoms with Gasteiger partial charge in [-0.05, 0) is 35.9 Å². The third-order valence-corrected chi connectivity index (χ3v) is 4.77. The summed E-state index contributed by atoms with van der Waals surface area (Å²) in [7, 11) is 0. The third kappa shape index (κ3) is 4.47. The number of halogens is 2. The van der Waals surface area contributed by atoms with Crippen LogP contribution in [0.1, 0.15) is 27.9 Å². The van der Waals surface area contributed by atoms with Crippen molar-refractivity contribution in [2.45, 2.75) is 6.04 Å². The van der Waals surface area contributed by atoms with Crippen LogP contribution in [-0.2, 0) is 0 Å². The molecule has 29 heavy (non-hydrogen) atoms. The lowest BCUT2D eigenvalue weighted by atomic mass is 10.1. The van der Waals surface area contributed by atoms with Gasteiger partial charge >= 0.3 is 0 Å². The van der Waals surface area contributed by atoms with E-state index in [0.717, 1.165) is 11.1 Å². The van der Waals surface area contributed by atoms with E-state index in [2.05, 4.69) is 15.5 Å². The minimum Gasteiger partial charge on any atom is -0.336 e. The van der Waals surface area contributed by atoms with Gasteiger partial charge in [-0.1, -0.05) is 76.9 Å². The predicted molar refractivity (Wildman–Crippen MR) is 112 cm³/mol. The molecule has 0 fully saturated rings. The average Bonchev–Trinajstić information content (AvgIpc) is 3.23. The number of benzene rings is 3. The Morgan fingerprint density at radius 1 is 0.897 bits per heavy atom. The van der Waals surface area contributed by atoms with Crippen LogP contribution >= 0.6 is 23.2 Å². The van der Waals surface area contributed by atoms with E-state index in [9.17, 15) is 4.79 Å². The van der Waals surface area contributed by atoms with Crippen molar-refractivity contribution < 1.29 is 9.32 Å². The molecule has 0 saturated heterocycles. The number of carbonyl (C=O) groups is 1. The lowest BCUT2D eigenvalue weighted by Gasteiger charge is -2.16. The zero-order valence-corrected chi connectivity index (χ0v) is 16.6. The quantitative estimate of drug-likeness (QED) is 0.455. The summed E-state index contributed by atoms with van der Waals surface area (Å²) in [6.45, 7) is 0. The van der Waals surface area contributed by atoms with E-state index in [-0.39, 0.29) is 11.8 Å². The topological polar surface area (TPSA) is 68.0 Å². The summed E-state index contributed by atoms with van der Waals surface area (Å²) in [6.07, 6.45) is 0. The largest absolute Gasteiger partial charge is 0.336 e. The highest BCUT2D eigenvalue weighted by atomic mass is 35.5. The van der Waals surface area contributed by atoms with Gasteiger partial charge in [0.05, 0.1) is 0 Å². The first-order chi connectivity index (χ1) is 14.1. The molecule has 4 rings (SSSR count). The minimum atomic E-state index is -0.649. The van der Waals surface area contributed by atoms with E-state index in [1.54, 1.807) is 48.5 Å². The smallest absolute Gasteiger partial charge is 0.254 e. The first kappa shape index (κ1) is 19.2. The lowest BCUT2D eigenvalue weighted by Crippen LogP contribution is -2.29. The van der Waals surface area contributed by atoms with Crippen molar-refractivity contribution in [2.24, 2.45) is 0 Å². The first-order valence-corrected chi connectivity index (χ1v) is 9.56. The highest BCUT2D eigenvalue weighted by molar-refractivity contribution is 6.31. The van der Waals surface area contributed by atoms with Crippen LogP contribution in [0.15, 0.2) is 83.4 Å². The summed E-state index contributed by atoms with van der Waals surface area (Å²) in [5.41, 5.74) is 2.01. The molecule has 4 aromatic rings. The zero-order valence-electron chi connectivity index (χ0n) is 15.0. The normalized spacial score (nSPS) is 11.8.